The van der Waals surface area contributed by atoms with E-state index in [2.05, 4.69) is 15.3 Å². The molecular formula is C24H32FN7O3. The summed E-state index contributed by atoms with van der Waals surface area (Å²) in [5.41, 5.74) is 5.29. The van der Waals surface area contributed by atoms with Crippen molar-refractivity contribution < 1.29 is 19.4 Å². The molecule has 2 atom stereocenters. The molecule has 1 fully saturated rings. The van der Waals surface area contributed by atoms with E-state index < -0.39 is 23.8 Å². The largest absolute Gasteiger partial charge is 0.391 e. The highest BCUT2D eigenvalue weighted by Gasteiger charge is 2.30. The Morgan fingerprint density at radius 1 is 1.37 bits per heavy atom. The lowest BCUT2D eigenvalue weighted by Gasteiger charge is -2.24. The van der Waals surface area contributed by atoms with Gasteiger partial charge in [-0.2, -0.15) is 4.98 Å². The van der Waals surface area contributed by atoms with E-state index >= 15 is 0 Å². The van der Waals surface area contributed by atoms with Crippen LogP contribution in [0.1, 0.15) is 50.2 Å². The van der Waals surface area contributed by atoms with Crippen molar-refractivity contribution in [3.8, 4) is 5.82 Å². The number of hydrogen-bond donors (Lipinski definition) is 4. The summed E-state index contributed by atoms with van der Waals surface area (Å²) >= 11 is 0. The fourth-order valence-corrected chi connectivity index (χ4v) is 4.14. The summed E-state index contributed by atoms with van der Waals surface area (Å²) in [6, 6.07) is 3.48. The Bertz CT molecular complexity index is 1240. The summed E-state index contributed by atoms with van der Waals surface area (Å²) in [6.07, 6.45) is 1.75. The van der Waals surface area contributed by atoms with E-state index in [1.807, 2.05) is 24.8 Å². The molecule has 0 spiro atoms. The lowest BCUT2D eigenvalue weighted by Crippen LogP contribution is -2.35. The molecule has 3 aromatic heterocycles. The number of nitrogens with zero attached hydrogens (tertiary/aromatic N) is 5. The molecule has 0 radical (unpaired) electrons. The molecule has 0 aromatic carbocycles. The zero-order chi connectivity index (χ0) is 25.5. The third kappa shape index (κ3) is 5.20. The number of carbonyl (C=O) groups excluding carboxylic acids is 1. The molecule has 1 aliphatic heterocycles. The van der Waals surface area contributed by atoms with Crippen LogP contribution in [0.15, 0.2) is 24.5 Å². The van der Waals surface area contributed by atoms with Crippen LogP contribution < -0.4 is 16.0 Å². The molecule has 11 heteroatoms. The van der Waals surface area contributed by atoms with Gasteiger partial charge >= 0.3 is 0 Å². The number of primary amides is 1. The van der Waals surface area contributed by atoms with Gasteiger partial charge in [0, 0.05) is 49.4 Å². The van der Waals surface area contributed by atoms with E-state index in [-0.39, 0.29) is 23.7 Å². The fraction of sp³-hybridized carbons (Fsp3) is 0.500. The van der Waals surface area contributed by atoms with Gasteiger partial charge in [0.1, 0.15) is 12.0 Å². The van der Waals surface area contributed by atoms with Gasteiger partial charge < -0.3 is 26.2 Å². The number of aliphatic hydroxyl groups excluding tert-OH is 1. The number of nitrogens with two attached hydrogens (primary N) is 1. The number of pyridine rings is 1. The number of amides is 1. The van der Waals surface area contributed by atoms with Crippen LogP contribution in [0.25, 0.3) is 16.9 Å². The van der Waals surface area contributed by atoms with Gasteiger partial charge in [-0.1, -0.05) is 0 Å². The number of aliphatic hydroxyl groups is 2. The van der Waals surface area contributed by atoms with Gasteiger partial charge in [0.25, 0.3) is 5.91 Å². The molecule has 4 heterocycles. The topological polar surface area (TPSA) is 142 Å². The molecule has 1 amide bonds. The summed E-state index contributed by atoms with van der Waals surface area (Å²) in [5, 5.41) is 24.0. The molecule has 0 saturated carbocycles. The molecule has 4 rings (SSSR count). The lowest BCUT2D eigenvalue weighted by atomic mass is 9.96. The summed E-state index contributed by atoms with van der Waals surface area (Å²) in [7, 11) is 0. The fourth-order valence-electron chi connectivity index (χ4n) is 4.14. The van der Waals surface area contributed by atoms with Crippen molar-refractivity contribution in [2.24, 2.45) is 5.73 Å². The van der Waals surface area contributed by atoms with Crippen LogP contribution in [-0.2, 0) is 6.42 Å². The molecule has 1 saturated heterocycles. The Kier molecular flexibility index (Phi) is 6.65. The molecule has 3 aromatic rings. The second-order valence-corrected chi connectivity index (χ2v) is 9.86. The molecule has 0 aliphatic carbocycles. The summed E-state index contributed by atoms with van der Waals surface area (Å²) in [5.74, 6) is 0.172. The Balaban J connectivity index is 1.85. The van der Waals surface area contributed by atoms with Gasteiger partial charge in [0.05, 0.1) is 28.6 Å². The second kappa shape index (κ2) is 9.38. The maximum absolute atomic E-state index is 14.9. The number of rotatable bonds is 8. The molecule has 188 valence electrons. The highest BCUT2D eigenvalue weighted by Crippen LogP contribution is 2.29. The van der Waals surface area contributed by atoms with E-state index in [1.54, 1.807) is 23.0 Å². The van der Waals surface area contributed by atoms with E-state index in [9.17, 15) is 19.4 Å². The first kappa shape index (κ1) is 24.8. The zero-order valence-electron chi connectivity index (χ0n) is 20.4. The van der Waals surface area contributed by atoms with Gasteiger partial charge in [-0.15, -0.1) is 0 Å². The summed E-state index contributed by atoms with van der Waals surface area (Å²) in [6.45, 7) is 7.67. The number of aromatic nitrogens is 4. The maximum atomic E-state index is 14.9. The maximum Gasteiger partial charge on any atom is 0.252 e. The normalized spacial score (nSPS) is 17.4. The van der Waals surface area contributed by atoms with Crippen LogP contribution in [0.5, 0.6) is 0 Å². The monoisotopic (exact) mass is 485 g/mol. The first-order valence-electron chi connectivity index (χ1n) is 11.7. The average Bonchev–Trinajstić information content (AvgIpc) is 3.37. The number of fused-ring (bicyclic) bond motifs is 1. The number of halogens is 1. The minimum atomic E-state index is -1.67. The molecule has 10 nitrogen and oxygen atoms in total. The SMILES string of the molecule is CC(C)Nc1cc(-n2ccc3cnc(N4CC[C@@H](O)C4)nc32)nc(C[C@@H](F)C(C)(C)O)c1C(N)=O. The number of anilines is 2. The standard InChI is InChI=1S/C24H32FN7O3/c1-13(2)28-17-10-19(29-16(20(17)21(26)34)9-18(25)24(3,4)35)32-8-5-14-11-27-23(30-22(14)32)31-7-6-15(33)12-31/h5,8,10-11,13,15,18,33,35H,6-7,9,12H2,1-4H3,(H2,26,34)(H,28,29)/t15-,18-/m1/s1. The minimum absolute atomic E-state index is 0.0383. The quantitative estimate of drug-likeness (QED) is 0.379. The van der Waals surface area contributed by atoms with E-state index in [4.69, 9.17) is 10.7 Å². The van der Waals surface area contributed by atoms with Crippen LogP contribution in [0, 0.1) is 0 Å². The molecule has 0 unspecified atom stereocenters. The van der Waals surface area contributed by atoms with Gasteiger partial charge in [0.15, 0.2) is 5.65 Å². The van der Waals surface area contributed by atoms with Gasteiger partial charge in [-0.05, 0) is 40.2 Å². The number of carbonyl (C=O) groups is 1. The van der Waals surface area contributed by atoms with Crippen molar-refractivity contribution in [3.63, 3.8) is 0 Å². The molecular weight excluding hydrogens is 453 g/mol. The van der Waals surface area contributed by atoms with E-state index in [1.165, 1.54) is 13.8 Å². The van der Waals surface area contributed by atoms with Crippen molar-refractivity contribution in [2.45, 2.75) is 64.5 Å². The highest BCUT2D eigenvalue weighted by molar-refractivity contribution is 6.00. The zero-order valence-corrected chi connectivity index (χ0v) is 20.4. The first-order chi connectivity index (χ1) is 16.4. The van der Waals surface area contributed by atoms with Crippen LogP contribution in [0.4, 0.5) is 16.0 Å². The van der Waals surface area contributed by atoms with Crippen molar-refractivity contribution in [2.75, 3.05) is 23.3 Å². The van der Waals surface area contributed by atoms with E-state index in [0.717, 1.165) is 5.39 Å². The Morgan fingerprint density at radius 2 is 2.11 bits per heavy atom. The number of hydrogen-bond acceptors (Lipinski definition) is 8. The summed E-state index contributed by atoms with van der Waals surface area (Å²) < 4.78 is 16.6. The van der Waals surface area contributed by atoms with Gasteiger partial charge in [-0.25, -0.2) is 14.4 Å². The molecule has 5 N–H and O–H groups in total. The minimum Gasteiger partial charge on any atom is -0.391 e. The smallest absolute Gasteiger partial charge is 0.252 e. The molecule has 0 bridgehead atoms. The van der Waals surface area contributed by atoms with Crippen LogP contribution >= 0.6 is 0 Å². The van der Waals surface area contributed by atoms with Crippen LogP contribution in [-0.4, -0.2) is 72.6 Å². The number of nitrogens with one attached hydrogen (secondary N) is 1. The first-order valence-corrected chi connectivity index (χ1v) is 11.7. The second-order valence-electron chi connectivity index (χ2n) is 9.86. The average molecular weight is 486 g/mol. The Hall–Kier alpha value is -3.31. The van der Waals surface area contributed by atoms with Crippen molar-refractivity contribution in [3.05, 3.63) is 35.8 Å². The van der Waals surface area contributed by atoms with Crippen LogP contribution in [0.2, 0.25) is 0 Å². The van der Waals surface area contributed by atoms with Crippen LogP contribution in [0.3, 0.4) is 0 Å². The Morgan fingerprint density at radius 3 is 2.71 bits per heavy atom. The highest BCUT2D eigenvalue weighted by atomic mass is 19.1. The predicted octanol–water partition coefficient (Wildman–Crippen LogP) is 1.96. The van der Waals surface area contributed by atoms with Gasteiger partial charge in [0.2, 0.25) is 5.95 Å². The number of alkyl halides is 1. The van der Waals surface area contributed by atoms with E-state index in [0.29, 0.717) is 42.6 Å². The van der Waals surface area contributed by atoms with Crippen molar-refractivity contribution >= 4 is 28.6 Å². The molecule has 35 heavy (non-hydrogen) atoms. The predicted molar refractivity (Wildman–Crippen MR) is 132 cm³/mol. The third-order valence-electron chi connectivity index (χ3n) is 6.02. The molecule has 1 aliphatic rings. The van der Waals surface area contributed by atoms with Crippen molar-refractivity contribution in [1.29, 1.82) is 0 Å². The number of β-amino-alcohol motifs (C(OH)–C–C–N with tert-alkyl or cyclic N) is 1. The van der Waals surface area contributed by atoms with Gasteiger partial charge in [-0.3, -0.25) is 9.36 Å². The summed E-state index contributed by atoms with van der Waals surface area (Å²) in [4.78, 5) is 28.0. The van der Waals surface area contributed by atoms with Crippen molar-refractivity contribution in [1.82, 2.24) is 19.5 Å². The Labute approximate surface area is 203 Å². The third-order valence-corrected chi connectivity index (χ3v) is 6.02. The lowest BCUT2D eigenvalue weighted by molar-refractivity contribution is -0.00307.